The van der Waals surface area contributed by atoms with Gasteiger partial charge in [-0.2, -0.15) is 0 Å². The highest BCUT2D eigenvalue weighted by molar-refractivity contribution is 9.10. The number of fused-ring (bicyclic) bond motifs is 2. The highest BCUT2D eigenvalue weighted by Crippen LogP contribution is 2.47. The Morgan fingerprint density at radius 1 is 1.41 bits per heavy atom. The monoisotopic (exact) mass is 295 g/mol. The molecule has 1 spiro atoms. The predicted octanol–water partition coefficient (Wildman–Crippen LogP) is 2.82. The number of ether oxygens (including phenoxy) is 1. The fraction of sp³-hybridized carbons (Fsp3) is 0.462. The molecule has 0 bridgehead atoms. The van der Waals surface area contributed by atoms with Crippen LogP contribution in [0.2, 0.25) is 0 Å². The van der Waals surface area contributed by atoms with Crippen LogP contribution in [-0.2, 0) is 15.1 Å². The largest absolute Gasteiger partial charge is 0.360 e. The number of likely N-dealkylation sites (N-methyl/N-ethyl adjacent to an activating group) is 1. The topological polar surface area (TPSA) is 29.5 Å². The smallest absolute Gasteiger partial charge is 0.263 e. The van der Waals surface area contributed by atoms with E-state index in [9.17, 15) is 4.79 Å². The third kappa shape index (κ3) is 1.47. The third-order valence-electron chi connectivity index (χ3n) is 3.68. The summed E-state index contributed by atoms with van der Waals surface area (Å²) in [7, 11) is 1.82. The van der Waals surface area contributed by atoms with Gasteiger partial charge in [0.25, 0.3) is 5.91 Å². The average Bonchev–Trinajstić information content (AvgIpc) is 2.54. The molecule has 1 unspecified atom stereocenters. The van der Waals surface area contributed by atoms with Gasteiger partial charge < -0.3 is 9.64 Å². The average molecular weight is 296 g/mol. The lowest BCUT2D eigenvalue weighted by Gasteiger charge is -2.32. The molecule has 3 rings (SSSR count). The molecule has 1 fully saturated rings. The quantitative estimate of drug-likeness (QED) is 0.737. The first-order chi connectivity index (χ1) is 8.15. The van der Waals surface area contributed by atoms with E-state index in [0.29, 0.717) is 6.61 Å². The number of nitrogens with zero attached hydrogens (tertiary/aromatic N) is 1. The predicted molar refractivity (Wildman–Crippen MR) is 69.0 cm³/mol. The van der Waals surface area contributed by atoms with E-state index in [1.54, 1.807) is 4.90 Å². The number of anilines is 1. The minimum absolute atomic E-state index is 0.0744. The van der Waals surface area contributed by atoms with Crippen LogP contribution in [0.3, 0.4) is 0 Å². The summed E-state index contributed by atoms with van der Waals surface area (Å²) in [5, 5.41) is 0. The second-order valence-corrected chi connectivity index (χ2v) is 5.57. The summed E-state index contributed by atoms with van der Waals surface area (Å²) in [6.45, 7) is 0.672. The van der Waals surface area contributed by atoms with Crippen molar-refractivity contribution in [2.24, 2.45) is 0 Å². The van der Waals surface area contributed by atoms with Gasteiger partial charge in [0.15, 0.2) is 5.60 Å². The van der Waals surface area contributed by atoms with Gasteiger partial charge in [-0.15, -0.1) is 0 Å². The lowest BCUT2D eigenvalue weighted by Crippen LogP contribution is -2.43. The second kappa shape index (κ2) is 3.82. The van der Waals surface area contributed by atoms with Crippen LogP contribution in [0, 0.1) is 0 Å². The fourth-order valence-electron chi connectivity index (χ4n) is 2.80. The number of hydrogen-bond donors (Lipinski definition) is 0. The maximum absolute atomic E-state index is 12.4. The number of rotatable bonds is 0. The third-order valence-corrected chi connectivity index (χ3v) is 4.17. The van der Waals surface area contributed by atoms with Crippen molar-refractivity contribution < 1.29 is 9.53 Å². The molecule has 1 atom stereocenters. The summed E-state index contributed by atoms with van der Waals surface area (Å²) in [6.07, 6.45) is 2.88. The fourth-order valence-corrected chi connectivity index (χ4v) is 3.16. The lowest BCUT2D eigenvalue weighted by molar-refractivity contribution is -0.149. The zero-order chi connectivity index (χ0) is 12.0. The first-order valence-corrected chi connectivity index (χ1v) is 6.66. The van der Waals surface area contributed by atoms with Crippen LogP contribution in [0.5, 0.6) is 0 Å². The Bertz CT molecular complexity index is 480. The van der Waals surface area contributed by atoms with Crippen LogP contribution in [0.1, 0.15) is 24.8 Å². The molecular formula is C13H14BrNO2. The van der Waals surface area contributed by atoms with Crippen LogP contribution < -0.4 is 4.90 Å². The summed E-state index contributed by atoms with van der Waals surface area (Å²) in [4.78, 5) is 14.2. The van der Waals surface area contributed by atoms with Gasteiger partial charge in [-0.3, -0.25) is 4.79 Å². The SMILES string of the molecule is CN1C(=O)C2(CCCCO2)c2cc(Br)ccc21. The Labute approximate surface area is 109 Å². The molecule has 4 heteroatoms. The molecule has 17 heavy (non-hydrogen) atoms. The van der Waals surface area contributed by atoms with E-state index in [-0.39, 0.29) is 5.91 Å². The molecule has 1 aromatic carbocycles. The molecule has 0 saturated carbocycles. The van der Waals surface area contributed by atoms with E-state index in [0.717, 1.165) is 35.0 Å². The maximum atomic E-state index is 12.4. The molecule has 1 aromatic rings. The van der Waals surface area contributed by atoms with E-state index >= 15 is 0 Å². The molecule has 2 heterocycles. The molecular weight excluding hydrogens is 282 g/mol. The number of halogens is 1. The minimum Gasteiger partial charge on any atom is -0.360 e. The van der Waals surface area contributed by atoms with Crippen molar-refractivity contribution >= 4 is 27.5 Å². The van der Waals surface area contributed by atoms with Crippen LogP contribution in [0.25, 0.3) is 0 Å². The van der Waals surface area contributed by atoms with Crippen LogP contribution >= 0.6 is 15.9 Å². The Morgan fingerprint density at radius 3 is 2.94 bits per heavy atom. The van der Waals surface area contributed by atoms with E-state index in [1.807, 2.05) is 25.2 Å². The molecule has 0 radical (unpaired) electrons. The van der Waals surface area contributed by atoms with Gasteiger partial charge in [0, 0.05) is 23.7 Å². The number of hydrogen-bond acceptors (Lipinski definition) is 2. The van der Waals surface area contributed by atoms with Gasteiger partial charge in [0.05, 0.1) is 5.69 Å². The number of amides is 1. The molecule has 1 saturated heterocycles. The van der Waals surface area contributed by atoms with Gasteiger partial charge in [-0.05, 0) is 37.5 Å². The molecule has 0 aliphatic carbocycles. The number of carbonyl (C=O) groups excluding carboxylic acids is 1. The molecule has 90 valence electrons. The van der Waals surface area contributed by atoms with Crippen molar-refractivity contribution in [2.75, 3.05) is 18.6 Å². The van der Waals surface area contributed by atoms with E-state index in [1.165, 1.54) is 0 Å². The van der Waals surface area contributed by atoms with Crippen LogP contribution in [-0.4, -0.2) is 19.6 Å². The van der Waals surface area contributed by atoms with E-state index < -0.39 is 5.60 Å². The molecule has 1 amide bonds. The first-order valence-electron chi connectivity index (χ1n) is 5.87. The number of benzene rings is 1. The number of carbonyl (C=O) groups is 1. The Balaban J connectivity index is 2.18. The summed E-state index contributed by atoms with van der Waals surface area (Å²) in [5.74, 6) is 0.0744. The zero-order valence-corrected chi connectivity index (χ0v) is 11.3. The van der Waals surface area contributed by atoms with Gasteiger partial charge in [-0.25, -0.2) is 0 Å². The zero-order valence-electron chi connectivity index (χ0n) is 9.70. The summed E-state index contributed by atoms with van der Waals surface area (Å²) >= 11 is 3.47. The normalized spacial score (nSPS) is 27.6. The highest BCUT2D eigenvalue weighted by atomic mass is 79.9. The lowest BCUT2D eigenvalue weighted by atomic mass is 9.87. The summed E-state index contributed by atoms with van der Waals surface area (Å²) in [5.41, 5.74) is 1.27. The molecule has 3 nitrogen and oxygen atoms in total. The summed E-state index contributed by atoms with van der Waals surface area (Å²) < 4.78 is 6.87. The van der Waals surface area contributed by atoms with Crippen LogP contribution in [0.4, 0.5) is 5.69 Å². The molecule has 0 aromatic heterocycles. The van der Waals surface area contributed by atoms with Crippen molar-refractivity contribution in [2.45, 2.75) is 24.9 Å². The van der Waals surface area contributed by atoms with Gasteiger partial charge in [-0.1, -0.05) is 15.9 Å². The van der Waals surface area contributed by atoms with Crippen molar-refractivity contribution in [3.8, 4) is 0 Å². The molecule has 0 N–H and O–H groups in total. The second-order valence-electron chi connectivity index (χ2n) is 4.66. The standard InChI is InChI=1S/C13H14BrNO2/c1-15-11-5-4-9(14)8-10(11)13(12(15)16)6-2-3-7-17-13/h4-5,8H,2-3,6-7H2,1H3. The Hall–Kier alpha value is -0.870. The molecule has 2 aliphatic rings. The van der Waals surface area contributed by atoms with Crippen LogP contribution in [0.15, 0.2) is 22.7 Å². The van der Waals surface area contributed by atoms with Gasteiger partial charge >= 0.3 is 0 Å². The van der Waals surface area contributed by atoms with Crippen molar-refractivity contribution in [3.05, 3.63) is 28.2 Å². The van der Waals surface area contributed by atoms with Crippen molar-refractivity contribution in [3.63, 3.8) is 0 Å². The maximum Gasteiger partial charge on any atom is 0.263 e. The first kappa shape index (κ1) is 11.2. The van der Waals surface area contributed by atoms with Crippen molar-refractivity contribution in [1.82, 2.24) is 0 Å². The summed E-state index contributed by atoms with van der Waals surface area (Å²) in [6, 6.07) is 5.95. The van der Waals surface area contributed by atoms with Crippen molar-refractivity contribution in [1.29, 1.82) is 0 Å². The van der Waals surface area contributed by atoms with Gasteiger partial charge in [0.2, 0.25) is 0 Å². The molecule has 2 aliphatic heterocycles. The van der Waals surface area contributed by atoms with E-state index in [4.69, 9.17) is 4.74 Å². The highest BCUT2D eigenvalue weighted by Gasteiger charge is 2.51. The van der Waals surface area contributed by atoms with E-state index in [2.05, 4.69) is 15.9 Å². The Kier molecular flexibility index (Phi) is 2.52. The minimum atomic E-state index is -0.716. The Morgan fingerprint density at radius 2 is 2.24 bits per heavy atom. The van der Waals surface area contributed by atoms with Gasteiger partial charge in [0.1, 0.15) is 0 Å².